The Morgan fingerprint density at radius 3 is 1.47 bits per heavy atom. The van der Waals surface area contributed by atoms with Crippen LogP contribution in [0.4, 0.5) is 0 Å². The fourth-order valence-electron chi connectivity index (χ4n) is 4.69. The third-order valence-electron chi connectivity index (χ3n) is 7.05. The molecular weight excluding hydrogens is 398 g/mol. The highest BCUT2D eigenvalue weighted by molar-refractivity contribution is 5.68. The Bertz CT molecular complexity index is 411. The van der Waals surface area contributed by atoms with Gasteiger partial charge in [-0.15, -0.1) is 0 Å². The third kappa shape index (κ3) is 18.9. The number of carboxylic acids is 1. The van der Waals surface area contributed by atoms with Gasteiger partial charge in [-0.1, -0.05) is 137 Å². The molecule has 0 rings (SSSR count). The molecular formula is C28H59NO3. The van der Waals surface area contributed by atoms with Crippen LogP contribution in [-0.4, -0.2) is 17.2 Å². The molecule has 194 valence electrons. The fourth-order valence-corrected chi connectivity index (χ4v) is 4.69. The van der Waals surface area contributed by atoms with Gasteiger partial charge in [-0.05, 0) is 24.7 Å². The van der Waals surface area contributed by atoms with Crippen LogP contribution >= 0.6 is 0 Å². The number of hydrogen-bond donors (Lipinski definition) is 2. The van der Waals surface area contributed by atoms with Crippen LogP contribution in [0.25, 0.3) is 0 Å². The zero-order chi connectivity index (χ0) is 23.4. The standard InChI is InChI=1S/C28H56O3.H3N/c1-5-7-9-10-11-12-13-14-15-16-17-18-19-20-21-23-28(3,4)26(27(30)31)24-25(29)22-8-6-2;/h25-26,29H,5-24H2,1-4H3,(H,30,31);1H3. The lowest BCUT2D eigenvalue weighted by Crippen LogP contribution is -2.42. The summed E-state index contributed by atoms with van der Waals surface area (Å²) in [7, 11) is 0. The molecule has 0 aliphatic heterocycles. The highest BCUT2D eigenvalue weighted by Gasteiger charge is 2.31. The number of rotatable bonds is 23. The number of unbranched alkanes of at least 4 members (excludes halogenated alkanes) is 15. The van der Waals surface area contributed by atoms with Crippen LogP contribution in [0.2, 0.25) is 0 Å². The number of hydrogen-bond acceptors (Lipinski definition) is 3. The number of carbonyl (C=O) groups is 1. The van der Waals surface area contributed by atoms with Crippen LogP contribution < -0.4 is 11.3 Å². The van der Waals surface area contributed by atoms with E-state index in [0.29, 0.717) is 12.8 Å². The van der Waals surface area contributed by atoms with E-state index in [0.717, 1.165) is 25.7 Å². The topological polar surface area (TPSA) is 96.9 Å². The van der Waals surface area contributed by atoms with Crippen LogP contribution in [0.1, 0.15) is 156 Å². The van der Waals surface area contributed by atoms with E-state index in [-0.39, 0.29) is 11.6 Å². The van der Waals surface area contributed by atoms with Crippen molar-refractivity contribution in [1.82, 2.24) is 6.15 Å². The highest BCUT2D eigenvalue weighted by atomic mass is 16.4. The summed E-state index contributed by atoms with van der Waals surface area (Å²) < 4.78 is 0. The average molecular weight is 458 g/mol. The lowest BCUT2D eigenvalue weighted by molar-refractivity contribution is -0.316. The maximum atomic E-state index is 11.7. The summed E-state index contributed by atoms with van der Waals surface area (Å²) in [6.45, 7) is 8.42. The first-order chi connectivity index (χ1) is 14.8. The third-order valence-corrected chi connectivity index (χ3v) is 7.05. The van der Waals surface area contributed by atoms with Crippen LogP contribution in [0.5, 0.6) is 0 Å². The van der Waals surface area contributed by atoms with Gasteiger partial charge in [0.2, 0.25) is 0 Å². The summed E-state index contributed by atoms with van der Waals surface area (Å²) >= 11 is 0. The zero-order valence-electron chi connectivity index (χ0n) is 22.6. The van der Waals surface area contributed by atoms with E-state index in [1.165, 1.54) is 89.9 Å². The van der Waals surface area contributed by atoms with E-state index in [2.05, 4.69) is 13.8 Å². The van der Waals surface area contributed by atoms with Crippen LogP contribution in [0.3, 0.4) is 0 Å². The molecule has 0 saturated carbocycles. The van der Waals surface area contributed by atoms with Crippen molar-refractivity contribution in [1.29, 1.82) is 0 Å². The molecule has 4 nitrogen and oxygen atoms in total. The van der Waals surface area contributed by atoms with Crippen LogP contribution in [0.15, 0.2) is 0 Å². The number of aliphatic hydroxyl groups is 1. The van der Waals surface area contributed by atoms with Gasteiger partial charge >= 0.3 is 0 Å². The summed E-state index contributed by atoms with van der Waals surface area (Å²) in [6.07, 6.45) is 23.5. The summed E-state index contributed by atoms with van der Waals surface area (Å²) in [5.74, 6) is -1.56. The van der Waals surface area contributed by atoms with E-state index in [1.807, 2.05) is 13.8 Å². The second-order valence-corrected chi connectivity index (χ2v) is 10.6. The normalized spacial score (nSPS) is 13.5. The predicted octanol–water partition coefficient (Wildman–Crippen LogP) is 7.96. The van der Waals surface area contributed by atoms with E-state index >= 15 is 0 Å². The number of carboxylic acid groups (broad SMARTS) is 1. The summed E-state index contributed by atoms with van der Waals surface area (Å²) in [5, 5.41) is 21.9. The van der Waals surface area contributed by atoms with Crippen molar-refractivity contribution in [2.75, 3.05) is 0 Å². The minimum absolute atomic E-state index is 0. The quantitative estimate of drug-likeness (QED) is 0.152. The monoisotopic (exact) mass is 457 g/mol. The Morgan fingerprint density at radius 1 is 0.719 bits per heavy atom. The molecule has 0 radical (unpaired) electrons. The molecule has 0 amide bonds. The van der Waals surface area contributed by atoms with Crippen LogP contribution in [-0.2, 0) is 4.79 Å². The van der Waals surface area contributed by atoms with Gasteiger partial charge in [-0.25, -0.2) is 0 Å². The van der Waals surface area contributed by atoms with Crippen molar-refractivity contribution in [3.63, 3.8) is 0 Å². The first-order valence-corrected chi connectivity index (χ1v) is 13.7. The second-order valence-electron chi connectivity index (χ2n) is 10.6. The molecule has 0 aromatic carbocycles. The molecule has 0 aliphatic rings. The maximum absolute atomic E-state index is 11.7. The Labute approximate surface area is 200 Å². The summed E-state index contributed by atoms with van der Waals surface area (Å²) in [6, 6.07) is 0. The van der Waals surface area contributed by atoms with E-state index in [1.54, 1.807) is 0 Å². The highest BCUT2D eigenvalue weighted by Crippen LogP contribution is 2.36. The molecule has 0 bridgehead atoms. The maximum Gasteiger partial charge on any atom is 0.0546 e. The van der Waals surface area contributed by atoms with Gasteiger partial charge in [0.1, 0.15) is 0 Å². The lowest BCUT2D eigenvalue weighted by Gasteiger charge is -2.36. The number of quaternary nitrogens is 1. The van der Waals surface area contributed by atoms with Gasteiger partial charge < -0.3 is 21.2 Å². The van der Waals surface area contributed by atoms with Crippen molar-refractivity contribution in [3.05, 3.63) is 0 Å². The molecule has 0 aromatic rings. The number of aliphatic hydroxyl groups excluding tert-OH is 1. The average Bonchev–Trinajstić information content (AvgIpc) is 2.72. The summed E-state index contributed by atoms with van der Waals surface area (Å²) in [5.41, 5.74) is -0.317. The van der Waals surface area contributed by atoms with Crippen molar-refractivity contribution in [2.24, 2.45) is 11.3 Å². The molecule has 0 saturated heterocycles. The van der Waals surface area contributed by atoms with Crippen molar-refractivity contribution in [2.45, 2.75) is 162 Å². The van der Waals surface area contributed by atoms with E-state index in [9.17, 15) is 15.0 Å². The van der Waals surface area contributed by atoms with Crippen LogP contribution in [0, 0.1) is 11.3 Å². The predicted molar refractivity (Wildman–Crippen MR) is 138 cm³/mol. The van der Waals surface area contributed by atoms with Gasteiger partial charge in [-0.2, -0.15) is 0 Å². The van der Waals surface area contributed by atoms with Crippen molar-refractivity contribution in [3.8, 4) is 0 Å². The van der Waals surface area contributed by atoms with Crippen molar-refractivity contribution < 1.29 is 15.0 Å². The van der Waals surface area contributed by atoms with Gasteiger partial charge in [0.15, 0.2) is 0 Å². The molecule has 0 fully saturated rings. The Morgan fingerprint density at radius 2 is 1.09 bits per heavy atom. The zero-order valence-corrected chi connectivity index (χ0v) is 22.6. The molecule has 0 spiro atoms. The first-order valence-electron chi connectivity index (χ1n) is 13.7. The largest absolute Gasteiger partial charge is 0.550 e. The van der Waals surface area contributed by atoms with Gasteiger partial charge in [0.25, 0.3) is 0 Å². The molecule has 4 heteroatoms. The molecule has 32 heavy (non-hydrogen) atoms. The number of carbonyl (C=O) groups excluding carboxylic acids is 1. The van der Waals surface area contributed by atoms with Crippen molar-refractivity contribution >= 4 is 5.97 Å². The minimum atomic E-state index is -0.999. The Kier molecular flexibility index (Phi) is 23.3. The molecule has 2 unspecified atom stereocenters. The minimum Gasteiger partial charge on any atom is -0.550 e. The Hall–Kier alpha value is -0.610. The molecule has 0 aliphatic carbocycles. The molecule has 5 N–H and O–H groups in total. The molecule has 0 heterocycles. The van der Waals surface area contributed by atoms with Gasteiger partial charge in [0, 0.05) is 11.9 Å². The lowest BCUT2D eigenvalue weighted by atomic mass is 9.72. The fraction of sp³-hybridized carbons (Fsp3) is 0.964. The van der Waals surface area contributed by atoms with E-state index in [4.69, 9.17) is 0 Å². The second kappa shape index (κ2) is 22.2. The summed E-state index contributed by atoms with van der Waals surface area (Å²) in [4.78, 5) is 11.7. The molecule has 0 aromatic heterocycles. The van der Waals surface area contributed by atoms with Gasteiger partial charge in [-0.3, -0.25) is 0 Å². The smallest absolute Gasteiger partial charge is 0.0546 e. The number of aliphatic carboxylic acids is 1. The van der Waals surface area contributed by atoms with Gasteiger partial charge in [0.05, 0.1) is 6.10 Å². The molecule has 2 atom stereocenters. The Balaban J connectivity index is 0. The first kappa shape index (κ1) is 33.6. The SMILES string of the molecule is CCCCCCCCCCCCCCCCCC(C)(C)C(CC(O)CCCC)C(=O)[O-].[NH4+]. The van der Waals surface area contributed by atoms with E-state index < -0.39 is 18.0 Å².